The SMILES string of the molecule is CC(C)c1ccc(CN2CCN(C(=O)c3ccc(Sc4nncn4C)c([N+](=O)[O-])c3)CC2)cc1. The predicted molar refractivity (Wildman–Crippen MR) is 130 cm³/mol. The number of aryl methyl sites for hydroxylation is 1. The van der Waals surface area contributed by atoms with Crippen LogP contribution >= 0.6 is 11.8 Å². The lowest BCUT2D eigenvalue weighted by Gasteiger charge is -2.34. The van der Waals surface area contributed by atoms with Gasteiger partial charge in [-0.1, -0.05) is 38.1 Å². The van der Waals surface area contributed by atoms with E-state index in [0.29, 0.717) is 34.6 Å². The van der Waals surface area contributed by atoms with Gasteiger partial charge in [-0.25, -0.2) is 0 Å². The Morgan fingerprint density at radius 1 is 1.12 bits per heavy atom. The number of nitrogens with zero attached hydrogens (tertiary/aromatic N) is 6. The monoisotopic (exact) mass is 480 g/mol. The Kier molecular flexibility index (Phi) is 7.28. The van der Waals surface area contributed by atoms with E-state index in [4.69, 9.17) is 0 Å². The third kappa shape index (κ3) is 5.45. The first-order chi connectivity index (χ1) is 16.3. The molecule has 0 bridgehead atoms. The second-order valence-corrected chi connectivity index (χ2v) is 9.74. The summed E-state index contributed by atoms with van der Waals surface area (Å²) in [6, 6.07) is 13.3. The van der Waals surface area contributed by atoms with E-state index in [-0.39, 0.29) is 11.6 Å². The molecule has 1 fully saturated rings. The third-order valence-corrected chi connectivity index (χ3v) is 7.10. The maximum absolute atomic E-state index is 13.1. The first-order valence-corrected chi connectivity index (χ1v) is 12.0. The minimum absolute atomic E-state index is 0.109. The molecule has 0 atom stereocenters. The molecule has 4 rings (SSSR count). The summed E-state index contributed by atoms with van der Waals surface area (Å²) in [7, 11) is 1.77. The highest BCUT2D eigenvalue weighted by molar-refractivity contribution is 7.99. The van der Waals surface area contributed by atoms with E-state index in [1.807, 2.05) is 0 Å². The number of piperazine rings is 1. The van der Waals surface area contributed by atoms with E-state index in [9.17, 15) is 14.9 Å². The average molecular weight is 481 g/mol. The van der Waals surface area contributed by atoms with E-state index in [0.717, 1.165) is 31.4 Å². The zero-order valence-corrected chi connectivity index (χ0v) is 20.4. The van der Waals surface area contributed by atoms with E-state index >= 15 is 0 Å². The summed E-state index contributed by atoms with van der Waals surface area (Å²) in [5.41, 5.74) is 2.80. The fraction of sp³-hybridized carbons (Fsp3) is 0.375. The van der Waals surface area contributed by atoms with Crippen LogP contribution in [-0.2, 0) is 13.6 Å². The van der Waals surface area contributed by atoms with E-state index in [1.54, 1.807) is 28.6 Å². The van der Waals surface area contributed by atoms with Crippen LogP contribution in [0.1, 0.15) is 41.3 Å². The number of hydrogen-bond acceptors (Lipinski definition) is 7. The van der Waals surface area contributed by atoms with Gasteiger partial charge in [0.2, 0.25) is 0 Å². The summed E-state index contributed by atoms with van der Waals surface area (Å²) >= 11 is 1.15. The lowest BCUT2D eigenvalue weighted by molar-refractivity contribution is -0.387. The molecule has 1 aromatic heterocycles. The summed E-state index contributed by atoms with van der Waals surface area (Å²) in [6.45, 7) is 7.92. The van der Waals surface area contributed by atoms with Gasteiger partial charge in [-0.2, -0.15) is 0 Å². The lowest BCUT2D eigenvalue weighted by Crippen LogP contribution is -2.48. The van der Waals surface area contributed by atoms with Crippen LogP contribution in [0.2, 0.25) is 0 Å². The molecule has 0 radical (unpaired) electrons. The van der Waals surface area contributed by atoms with Crippen molar-refractivity contribution in [2.45, 2.75) is 36.4 Å². The molecule has 178 valence electrons. The molecule has 0 N–H and O–H groups in total. The maximum atomic E-state index is 13.1. The van der Waals surface area contributed by atoms with Crippen LogP contribution < -0.4 is 0 Å². The zero-order valence-electron chi connectivity index (χ0n) is 19.5. The molecule has 1 aliphatic rings. The van der Waals surface area contributed by atoms with Gasteiger partial charge >= 0.3 is 0 Å². The Balaban J connectivity index is 1.39. The molecule has 10 heteroatoms. The fourth-order valence-corrected chi connectivity index (χ4v) is 4.75. The molecule has 0 aliphatic carbocycles. The second-order valence-electron chi connectivity index (χ2n) is 8.73. The molecule has 34 heavy (non-hydrogen) atoms. The van der Waals surface area contributed by atoms with Gasteiger partial charge < -0.3 is 9.47 Å². The summed E-state index contributed by atoms with van der Waals surface area (Å²) in [6.07, 6.45) is 1.53. The topological polar surface area (TPSA) is 97.4 Å². The van der Waals surface area contributed by atoms with Gasteiger partial charge in [0.25, 0.3) is 11.6 Å². The molecule has 9 nitrogen and oxygen atoms in total. The number of carbonyl (C=O) groups excluding carboxylic acids is 1. The number of aromatic nitrogens is 3. The van der Waals surface area contributed by atoms with Crippen molar-refractivity contribution >= 4 is 23.4 Å². The molecule has 0 unspecified atom stereocenters. The molecule has 0 spiro atoms. The third-order valence-electron chi connectivity index (χ3n) is 5.99. The van der Waals surface area contributed by atoms with E-state index < -0.39 is 4.92 Å². The average Bonchev–Trinajstić information content (AvgIpc) is 3.23. The lowest BCUT2D eigenvalue weighted by atomic mass is 10.0. The standard InChI is InChI=1S/C24H28N6O3S/c1-17(2)19-6-4-18(5-7-19)15-28-10-12-29(13-11-28)23(31)20-8-9-22(21(14-20)30(32)33)34-24-26-25-16-27(24)3/h4-9,14,16-17H,10-13,15H2,1-3H3. The van der Waals surface area contributed by atoms with Crippen molar-refractivity contribution in [3.63, 3.8) is 0 Å². The first kappa shape index (κ1) is 23.9. The maximum Gasteiger partial charge on any atom is 0.284 e. The van der Waals surface area contributed by atoms with Crippen molar-refractivity contribution in [3.8, 4) is 0 Å². The van der Waals surface area contributed by atoms with Crippen LogP contribution in [0, 0.1) is 10.1 Å². The predicted octanol–water partition coefficient (Wildman–Crippen LogP) is 3.96. The van der Waals surface area contributed by atoms with Crippen molar-refractivity contribution in [2.24, 2.45) is 7.05 Å². The first-order valence-electron chi connectivity index (χ1n) is 11.2. The fourth-order valence-electron chi connectivity index (χ4n) is 3.90. The number of hydrogen-bond donors (Lipinski definition) is 0. The van der Waals surface area contributed by atoms with Crippen LogP contribution in [0.3, 0.4) is 0 Å². The van der Waals surface area contributed by atoms with Crippen LogP contribution in [-0.4, -0.2) is 61.6 Å². The molecule has 2 aromatic carbocycles. The van der Waals surface area contributed by atoms with Crippen LogP contribution in [0.4, 0.5) is 5.69 Å². The van der Waals surface area contributed by atoms with Gasteiger partial charge in [0.15, 0.2) is 5.16 Å². The summed E-state index contributed by atoms with van der Waals surface area (Å²) in [5.74, 6) is 0.332. The Morgan fingerprint density at radius 2 is 1.82 bits per heavy atom. The molecule has 3 aromatic rings. The van der Waals surface area contributed by atoms with Gasteiger partial charge in [0, 0.05) is 51.4 Å². The van der Waals surface area contributed by atoms with Gasteiger partial charge in [0.1, 0.15) is 6.33 Å². The molecule has 1 aliphatic heterocycles. The summed E-state index contributed by atoms with van der Waals surface area (Å²) in [4.78, 5) is 28.8. The molecule has 1 saturated heterocycles. The van der Waals surface area contributed by atoms with Gasteiger partial charge in [-0.3, -0.25) is 19.8 Å². The summed E-state index contributed by atoms with van der Waals surface area (Å²) < 4.78 is 1.69. The highest BCUT2D eigenvalue weighted by Gasteiger charge is 2.25. The van der Waals surface area contributed by atoms with Crippen LogP contribution in [0.25, 0.3) is 0 Å². The molecule has 0 saturated carbocycles. The van der Waals surface area contributed by atoms with Crippen LogP contribution in [0.15, 0.2) is 58.8 Å². The minimum atomic E-state index is -0.460. The number of carbonyl (C=O) groups is 1. The second kappa shape index (κ2) is 10.4. The van der Waals surface area contributed by atoms with E-state index in [1.165, 1.54) is 23.5 Å². The smallest absolute Gasteiger partial charge is 0.284 e. The van der Waals surface area contributed by atoms with Crippen LogP contribution in [0.5, 0.6) is 0 Å². The highest BCUT2D eigenvalue weighted by Crippen LogP contribution is 2.34. The highest BCUT2D eigenvalue weighted by atomic mass is 32.2. The number of nitro benzene ring substituents is 1. The Labute approximate surface area is 202 Å². The Morgan fingerprint density at radius 3 is 2.41 bits per heavy atom. The zero-order chi connectivity index (χ0) is 24.2. The molecule has 2 heterocycles. The Bertz CT molecular complexity index is 1170. The van der Waals surface area contributed by atoms with Gasteiger partial charge in [0.05, 0.1) is 9.82 Å². The number of amides is 1. The van der Waals surface area contributed by atoms with Gasteiger partial charge in [-0.15, -0.1) is 10.2 Å². The number of nitro groups is 1. The van der Waals surface area contributed by atoms with Crippen molar-refractivity contribution in [1.82, 2.24) is 24.6 Å². The molecular formula is C24H28N6O3S. The van der Waals surface area contributed by atoms with Crippen molar-refractivity contribution in [3.05, 3.63) is 75.6 Å². The molecular weight excluding hydrogens is 452 g/mol. The Hall–Kier alpha value is -3.24. The molecule has 1 amide bonds. The normalized spacial score (nSPS) is 14.5. The van der Waals surface area contributed by atoms with Crippen molar-refractivity contribution in [1.29, 1.82) is 0 Å². The van der Waals surface area contributed by atoms with Crippen molar-refractivity contribution < 1.29 is 9.72 Å². The number of rotatable bonds is 7. The largest absolute Gasteiger partial charge is 0.336 e. The van der Waals surface area contributed by atoms with E-state index in [2.05, 4.69) is 53.2 Å². The minimum Gasteiger partial charge on any atom is -0.336 e. The van der Waals surface area contributed by atoms with Gasteiger partial charge in [-0.05, 0) is 40.9 Å². The summed E-state index contributed by atoms with van der Waals surface area (Å²) in [5, 5.41) is 20.0. The van der Waals surface area contributed by atoms with Crippen molar-refractivity contribution in [2.75, 3.05) is 26.2 Å². The number of benzene rings is 2. The quantitative estimate of drug-likeness (QED) is 0.373.